The van der Waals surface area contributed by atoms with E-state index >= 15 is 0 Å². The first kappa shape index (κ1) is 12.6. The Morgan fingerprint density at radius 2 is 2.00 bits per heavy atom. The van der Waals surface area contributed by atoms with Gasteiger partial charge in [-0.2, -0.15) is 0 Å². The third-order valence-electron chi connectivity index (χ3n) is 3.67. The van der Waals surface area contributed by atoms with Crippen molar-refractivity contribution < 1.29 is 4.79 Å². The van der Waals surface area contributed by atoms with Gasteiger partial charge in [0.2, 0.25) is 0 Å². The van der Waals surface area contributed by atoms with Crippen molar-refractivity contribution in [3.8, 4) is 0 Å². The smallest absolute Gasteiger partial charge is 0.251 e. The van der Waals surface area contributed by atoms with Crippen LogP contribution in [0.4, 0.5) is 0 Å². The van der Waals surface area contributed by atoms with Crippen molar-refractivity contribution >= 4 is 21.8 Å². The minimum atomic E-state index is 0.0393. The summed E-state index contributed by atoms with van der Waals surface area (Å²) in [5, 5.41) is 3.15. The highest BCUT2D eigenvalue weighted by molar-refractivity contribution is 9.10. The molecule has 1 saturated carbocycles. The van der Waals surface area contributed by atoms with E-state index < -0.39 is 0 Å². The standard InChI is InChI=1S/C14H18BrNO/c1-14(2)9-3-4-12(14)16-13(17)10-5-7-11(15)8-6-10/h5-8,12H,3-4,9H2,1-2H3,(H,16,17). The predicted octanol–water partition coefficient (Wildman–Crippen LogP) is 3.76. The minimum Gasteiger partial charge on any atom is -0.349 e. The number of halogens is 1. The molecule has 1 N–H and O–H groups in total. The topological polar surface area (TPSA) is 29.1 Å². The van der Waals surface area contributed by atoms with Crippen molar-refractivity contribution in [3.05, 3.63) is 34.3 Å². The largest absolute Gasteiger partial charge is 0.349 e. The lowest BCUT2D eigenvalue weighted by Gasteiger charge is -2.27. The van der Waals surface area contributed by atoms with Gasteiger partial charge in [-0.1, -0.05) is 36.2 Å². The Kier molecular flexibility index (Phi) is 3.57. The van der Waals surface area contributed by atoms with Crippen LogP contribution in [0.1, 0.15) is 43.5 Å². The highest BCUT2D eigenvalue weighted by Crippen LogP contribution is 2.37. The van der Waals surface area contributed by atoms with E-state index in [0.29, 0.717) is 6.04 Å². The van der Waals surface area contributed by atoms with E-state index in [9.17, 15) is 4.79 Å². The zero-order valence-electron chi connectivity index (χ0n) is 10.3. The molecule has 0 saturated heterocycles. The third kappa shape index (κ3) is 2.89. The lowest BCUT2D eigenvalue weighted by molar-refractivity contribution is 0.0910. The lowest BCUT2D eigenvalue weighted by atomic mass is 9.87. The number of amides is 1. The van der Waals surface area contributed by atoms with Crippen molar-refractivity contribution in [2.45, 2.75) is 39.2 Å². The second kappa shape index (κ2) is 4.81. The Hall–Kier alpha value is -0.830. The molecule has 0 radical (unpaired) electrons. The average molecular weight is 296 g/mol. The number of carbonyl (C=O) groups is 1. The van der Waals surface area contributed by atoms with Crippen LogP contribution in [0.3, 0.4) is 0 Å². The van der Waals surface area contributed by atoms with Gasteiger partial charge in [0, 0.05) is 16.1 Å². The fraction of sp³-hybridized carbons (Fsp3) is 0.500. The first-order valence-corrected chi connectivity index (χ1v) is 6.85. The molecule has 0 aromatic heterocycles. The molecule has 1 atom stereocenters. The van der Waals surface area contributed by atoms with Crippen LogP contribution in [-0.4, -0.2) is 11.9 Å². The second-order valence-corrected chi connectivity index (χ2v) is 6.33. The van der Waals surface area contributed by atoms with Gasteiger partial charge in [-0.3, -0.25) is 4.79 Å². The SMILES string of the molecule is CC1(C)CCCC1NC(=O)c1ccc(Br)cc1. The molecule has 1 amide bonds. The molecular formula is C14H18BrNO. The van der Waals surface area contributed by atoms with Gasteiger partial charge in [0.05, 0.1) is 0 Å². The quantitative estimate of drug-likeness (QED) is 0.884. The molecule has 1 aliphatic rings. The van der Waals surface area contributed by atoms with Gasteiger partial charge in [-0.25, -0.2) is 0 Å². The van der Waals surface area contributed by atoms with E-state index in [1.165, 1.54) is 12.8 Å². The van der Waals surface area contributed by atoms with Crippen LogP contribution >= 0.6 is 15.9 Å². The van der Waals surface area contributed by atoms with E-state index in [1.54, 1.807) is 0 Å². The molecule has 1 aliphatic carbocycles. The molecule has 1 unspecified atom stereocenters. The zero-order valence-corrected chi connectivity index (χ0v) is 11.9. The molecule has 0 bridgehead atoms. The van der Waals surface area contributed by atoms with E-state index in [4.69, 9.17) is 0 Å². The van der Waals surface area contributed by atoms with E-state index in [2.05, 4.69) is 35.1 Å². The Labute approximate surface area is 111 Å². The number of carbonyl (C=O) groups excluding carboxylic acids is 1. The summed E-state index contributed by atoms with van der Waals surface area (Å²) in [7, 11) is 0. The molecule has 1 aromatic carbocycles. The Bertz CT molecular complexity index is 411. The highest BCUT2D eigenvalue weighted by atomic mass is 79.9. The summed E-state index contributed by atoms with van der Waals surface area (Å²) in [6, 6.07) is 7.80. The van der Waals surface area contributed by atoms with Crippen LogP contribution in [0.5, 0.6) is 0 Å². The van der Waals surface area contributed by atoms with Crippen LogP contribution in [0.2, 0.25) is 0 Å². The fourth-order valence-electron chi connectivity index (χ4n) is 2.44. The number of rotatable bonds is 2. The summed E-state index contributed by atoms with van der Waals surface area (Å²) in [5.74, 6) is 0.0393. The number of nitrogens with one attached hydrogen (secondary N) is 1. The normalized spacial score (nSPS) is 22.4. The molecule has 0 heterocycles. The van der Waals surface area contributed by atoms with E-state index in [-0.39, 0.29) is 11.3 Å². The van der Waals surface area contributed by atoms with Crippen LogP contribution in [0.15, 0.2) is 28.7 Å². The first-order chi connectivity index (χ1) is 7.99. The number of hydrogen-bond acceptors (Lipinski definition) is 1. The van der Waals surface area contributed by atoms with Gasteiger partial charge in [-0.05, 0) is 42.5 Å². The Balaban J connectivity index is 2.04. The summed E-state index contributed by atoms with van der Waals surface area (Å²) < 4.78 is 0.996. The van der Waals surface area contributed by atoms with Gasteiger partial charge in [0.25, 0.3) is 5.91 Å². The van der Waals surface area contributed by atoms with Crippen molar-refractivity contribution in [1.29, 1.82) is 0 Å². The molecule has 1 aromatic rings. The molecule has 3 heteroatoms. The molecule has 92 valence electrons. The van der Waals surface area contributed by atoms with Crippen LogP contribution in [0, 0.1) is 5.41 Å². The summed E-state index contributed by atoms with van der Waals surface area (Å²) in [4.78, 5) is 12.1. The maximum Gasteiger partial charge on any atom is 0.251 e. The van der Waals surface area contributed by atoms with Crippen molar-refractivity contribution in [3.63, 3.8) is 0 Å². The summed E-state index contributed by atoms with van der Waals surface area (Å²) in [5.41, 5.74) is 0.960. The monoisotopic (exact) mass is 295 g/mol. The van der Waals surface area contributed by atoms with Crippen LogP contribution < -0.4 is 5.32 Å². The highest BCUT2D eigenvalue weighted by Gasteiger charge is 2.35. The molecule has 0 spiro atoms. The molecule has 17 heavy (non-hydrogen) atoms. The lowest BCUT2D eigenvalue weighted by Crippen LogP contribution is -2.41. The Morgan fingerprint density at radius 1 is 1.35 bits per heavy atom. The average Bonchev–Trinajstić information content (AvgIpc) is 2.59. The van der Waals surface area contributed by atoms with Gasteiger partial charge in [0.15, 0.2) is 0 Å². The molecule has 2 rings (SSSR count). The van der Waals surface area contributed by atoms with E-state index in [1.807, 2.05) is 24.3 Å². The van der Waals surface area contributed by atoms with Crippen molar-refractivity contribution in [1.82, 2.24) is 5.32 Å². The van der Waals surface area contributed by atoms with Crippen molar-refractivity contribution in [2.24, 2.45) is 5.41 Å². The van der Waals surface area contributed by atoms with Crippen molar-refractivity contribution in [2.75, 3.05) is 0 Å². The maximum absolute atomic E-state index is 12.1. The fourth-order valence-corrected chi connectivity index (χ4v) is 2.70. The van der Waals surface area contributed by atoms with Crippen LogP contribution in [-0.2, 0) is 0 Å². The number of benzene rings is 1. The predicted molar refractivity (Wildman–Crippen MR) is 73.0 cm³/mol. The summed E-state index contributed by atoms with van der Waals surface area (Å²) >= 11 is 3.37. The molecule has 1 fully saturated rings. The maximum atomic E-state index is 12.1. The minimum absolute atomic E-state index is 0.0393. The van der Waals surface area contributed by atoms with Gasteiger partial charge >= 0.3 is 0 Å². The van der Waals surface area contributed by atoms with Crippen LogP contribution in [0.25, 0.3) is 0 Å². The molecule has 2 nitrogen and oxygen atoms in total. The van der Waals surface area contributed by atoms with E-state index in [0.717, 1.165) is 16.5 Å². The molecule has 0 aliphatic heterocycles. The second-order valence-electron chi connectivity index (χ2n) is 5.41. The molecular weight excluding hydrogens is 278 g/mol. The number of hydrogen-bond donors (Lipinski definition) is 1. The third-order valence-corrected chi connectivity index (χ3v) is 4.20. The zero-order chi connectivity index (χ0) is 12.5. The van der Waals surface area contributed by atoms with Gasteiger partial charge in [-0.15, -0.1) is 0 Å². The summed E-state index contributed by atoms with van der Waals surface area (Å²) in [6.07, 6.45) is 3.49. The Morgan fingerprint density at radius 3 is 2.53 bits per heavy atom. The van der Waals surface area contributed by atoms with Gasteiger partial charge < -0.3 is 5.32 Å². The summed E-state index contributed by atoms with van der Waals surface area (Å²) in [6.45, 7) is 4.46. The first-order valence-electron chi connectivity index (χ1n) is 6.05. The van der Waals surface area contributed by atoms with Gasteiger partial charge in [0.1, 0.15) is 0 Å².